The summed E-state index contributed by atoms with van der Waals surface area (Å²) in [5.41, 5.74) is 3.15. The van der Waals surface area contributed by atoms with Gasteiger partial charge in [0.2, 0.25) is 11.8 Å². The molecule has 2 aromatic carbocycles. The molecule has 0 heterocycles. The van der Waals surface area contributed by atoms with Gasteiger partial charge >= 0.3 is 0 Å². The van der Waals surface area contributed by atoms with Crippen molar-refractivity contribution in [2.75, 3.05) is 6.54 Å². The molecule has 0 spiro atoms. The molecule has 0 saturated carbocycles. The van der Waals surface area contributed by atoms with Crippen molar-refractivity contribution in [2.24, 2.45) is 5.92 Å². The quantitative estimate of drug-likeness (QED) is 0.427. The van der Waals surface area contributed by atoms with Crippen LogP contribution in [0.2, 0.25) is 10.0 Å². The van der Waals surface area contributed by atoms with E-state index < -0.39 is 6.04 Å². The second kappa shape index (κ2) is 12.9. The van der Waals surface area contributed by atoms with Crippen LogP contribution in [0.25, 0.3) is 0 Å². The zero-order chi connectivity index (χ0) is 23.7. The molecule has 0 aliphatic heterocycles. The van der Waals surface area contributed by atoms with E-state index in [0.29, 0.717) is 41.8 Å². The van der Waals surface area contributed by atoms with Crippen LogP contribution in [-0.4, -0.2) is 29.3 Å². The summed E-state index contributed by atoms with van der Waals surface area (Å²) < 4.78 is 0. The minimum Gasteiger partial charge on any atom is -0.354 e. The number of carbonyl (C=O) groups excluding carboxylic acids is 2. The number of rotatable bonds is 11. The number of nitrogens with zero attached hydrogens (tertiary/aromatic N) is 1. The van der Waals surface area contributed by atoms with Gasteiger partial charge in [0, 0.05) is 29.6 Å². The zero-order valence-electron chi connectivity index (χ0n) is 19.5. The number of hydrogen-bond donors (Lipinski definition) is 1. The molecule has 0 aliphatic rings. The minimum absolute atomic E-state index is 0.0675. The molecule has 2 rings (SSSR count). The number of halogens is 2. The van der Waals surface area contributed by atoms with E-state index >= 15 is 0 Å². The second-order valence-corrected chi connectivity index (χ2v) is 9.33. The Morgan fingerprint density at radius 3 is 2.22 bits per heavy atom. The van der Waals surface area contributed by atoms with Crippen LogP contribution in [0.5, 0.6) is 0 Å². The molecule has 4 nitrogen and oxygen atoms in total. The number of benzene rings is 2. The average Bonchev–Trinajstić information content (AvgIpc) is 2.77. The molecule has 174 valence electrons. The Hall–Kier alpha value is -2.04. The lowest BCUT2D eigenvalue weighted by Gasteiger charge is -2.31. The van der Waals surface area contributed by atoms with Crippen molar-refractivity contribution in [3.63, 3.8) is 0 Å². The Morgan fingerprint density at radius 1 is 1.00 bits per heavy atom. The van der Waals surface area contributed by atoms with Crippen LogP contribution in [0.1, 0.15) is 57.2 Å². The predicted molar refractivity (Wildman–Crippen MR) is 133 cm³/mol. The van der Waals surface area contributed by atoms with Crippen molar-refractivity contribution in [1.82, 2.24) is 10.2 Å². The summed E-state index contributed by atoms with van der Waals surface area (Å²) in [6.45, 7) is 8.96. The Balaban J connectivity index is 2.21. The van der Waals surface area contributed by atoms with Crippen molar-refractivity contribution < 1.29 is 9.59 Å². The molecule has 1 unspecified atom stereocenters. The molecule has 2 amide bonds. The second-order valence-electron chi connectivity index (χ2n) is 8.49. The summed E-state index contributed by atoms with van der Waals surface area (Å²) in [6, 6.07) is 13.0. The summed E-state index contributed by atoms with van der Waals surface area (Å²) in [6.07, 6.45) is 2.45. The third kappa shape index (κ3) is 7.83. The molecule has 6 heteroatoms. The molecular weight excluding hydrogens is 443 g/mol. The molecule has 0 bridgehead atoms. The lowest BCUT2D eigenvalue weighted by atomic mass is 10.0. The van der Waals surface area contributed by atoms with Crippen LogP contribution in [0, 0.1) is 5.92 Å². The van der Waals surface area contributed by atoms with Crippen molar-refractivity contribution in [2.45, 2.75) is 66.0 Å². The maximum Gasteiger partial charge on any atom is 0.242 e. The highest BCUT2D eigenvalue weighted by molar-refractivity contribution is 6.35. The Kier molecular flexibility index (Phi) is 10.5. The van der Waals surface area contributed by atoms with Crippen molar-refractivity contribution in [1.29, 1.82) is 0 Å². The number of amides is 2. The third-order valence-electron chi connectivity index (χ3n) is 5.49. The Morgan fingerprint density at radius 2 is 1.66 bits per heavy atom. The predicted octanol–water partition coefficient (Wildman–Crippen LogP) is 6.07. The molecule has 0 aromatic heterocycles. The van der Waals surface area contributed by atoms with E-state index in [4.69, 9.17) is 23.2 Å². The lowest BCUT2D eigenvalue weighted by Crippen LogP contribution is -2.49. The number of carbonyl (C=O) groups is 2. The van der Waals surface area contributed by atoms with Gasteiger partial charge in [0.05, 0.1) is 0 Å². The third-order valence-corrected chi connectivity index (χ3v) is 6.07. The highest BCUT2D eigenvalue weighted by atomic mass is 35.5. The molecule has 32 heavy (non-hydrogen) atoms. The Bertz CT molecular complexity index is 897. The smallest absolute Gasteiger partial charge is 0.242 e. The summed E-state index contributed by atoms with van der Waals surface area (Å²) >= 11 is 12.4. The highest BCUT2D eigenvalue weighted by Crippen LogP contribution is 2.24. The Labute approximate surface area is 202 Å². The molecule has 1 N–H and O–H groups in total. The maximum atomic E-state index is 13.3. The van der Waals surface area contributed by atoms with Crippen LogP contribution in [-0.2, 0) is 29.0 Å². The summed E-state index contributed by atoms with van der Waals surface area (Å²) in [4.78, 5) is 27.9. The first kappa shape index (κ1) is 26.2. The normalized spacial score (nSPS) is 12.0. The van der Waals surface area contributed by atoms with Crippen LogP contribution in [0.15, 0.2) is 42.5 Å². The van der Waals surface area contributed by atoms with Gasteiger partial charge in [-0.15, -0.1) is 0 Å². The molecule has 2 aromatic rings. The fourth-order valence-electron chi connectivity index (χ4n) is 3.51. The summed E-state index contributed by atoms with van der Waals surface area (Å²) in [7, 11) is 0. The molecule has 1 atom stereocenters. The standard InChI is InChI=1S/C26H34Cl2N2O2/c1-5-19-7-9-20(10-8-19)11-14-25(31)30(17-21-12-13-22(27)15-23(21)28)24(6-2)26(32)29-16-18(3)4/h7-10,12-13,15,18,24H,5-6,11,14,16-17H2,1-4H3,(H,29,32). The van der Waals surface area contributed by atoms with Gasteiger partial charge in [0.1, 0.15) is 6.04 Å². The lowest BCUT2D eigenvalue weighted by molar-refractivity contribution is -0.141. The van der Waals surface area contributed by atoms with E-state index in [9.17, 15) is 9.59 Å². The van der Waals surface area contributed by atoms with Gasteiger partial charge in [0.25, 0.3) is 0 Å². The first-order valence-electron chi connectivity index (χ1n) is 11.3. The van der Waals surface area contributed by atoms with Gasteiger partial charge < -0.3 is 10.2 Å². The molecule has 0 fully saturated rings. The van der Waals surface area contributed by atoms with Crippen LogP contribution in [0.4, 0.5) is 0 Å². The van der Waals surface area contributed by atoms with Gasteiger partial charge in [-0.05, 0) is 54.0 Å². The number of nitrogens with one attached hydrogen (secondary N) is 1. The SMILES string of the molecule is CCc1ccc(CCC(=O)N(Cc2ccc(Cl)cc2Cl)C(CC)C(=O)NCC(C)C)cc1. The largest absolute Gasteiger partial charge is 0.354 e. The molecule has 0 saturated heterocycles. The average molecular weight is 477 g/mol. The van der Waals surface area contributed by atoms with E-state index in [1.54, 1.807) is 17.0 Å². The van der Waals surface area contributed by atoms with E-state index in [-0.39, 0.29) is 18.4 Å². The van der Waals surface area contributed by atoms with Gasteiger partial charge in [0.15, 0.2) is 0 Å². The van der Waals surface area contributed by atoms with E-state index in [0.717, 1.165) is 17.5 Å². The topological polar surface area (TPSA) is 49.4 Å². The highest BCUT2D eigenvalue weighted by Gasteiger charge is 2.29. The summed E-state index contributed by atoms with van der Waals surface area (Å²) in [5, 5.41) is 4.00. The van der Waals surface area contributed by atoms with Gasteiger partial charge in [-0.3, -0.25) is 9.59 Å². The van der Waals surface area contributed by atoms with E-state index in [1.807, 2.05) is 26.8 Å². The first-order chi connectivity index (χ1) is 15.2. The number of aryl methyl sites for hydroxylation is 2. The fraction of sp³-hybridized carbons (Fsp3) is 0.462. The van der Waals surface area contributed by atoms with Crippen LogP contribution in [0.3, 0.4) is 0 Å². The maximum absolute atomic E-state index is 13.3. The van der Waals surface area contributed by atoms with Gasteiger partial charge in [-0.25, -0.2) is 0 Å². The number of hydrogen-bond acceptors (Lipinski definition) is 2. The zero-order valence-corrected chi connectivity index (χ0v) is 21.0. The van der Waals surface area contributed by atoms with Gasteiger partial charge in [-0.1, -0.05) is 81.2 Å². The van der Waals surface area contributed by atoms with E-state index in [2.05, 4.69) is 36.5 Å². The van der Waals surface area contributed by atoms with Crippen molar-refractivity contribution in [3.05, 3.63) is 69.2 Å². The fourth-order valence-corrected chi connectivity index (χ4v) is 3.98. The van der Waals surface area contributed by atoms with Crippen LogP contribution >= 0.6 is 23.2 Å². The van der Waals surface area contributed by atoms with Gasteiger partial charge in [-0.2, -0.15) is 0 Å². The van der Waals surface area contributed by atoms with Crippen molar-refractivity contribution in [3.8, 4) is 0 Å². The first-order valence-corrected chi connectivity index (χ1v) is 12.1. The molecular formula is C26H34Cl2N2O2. The summed E-state index contributed by atoms with van der Waals surface area (Å²) in [5.74, 6) is 0.131. The molecule has 0 radical (unpaired) electrons. The minimum atomic E-state index is -0.560. The van der Waals surface area contributed by atoms with E-state index in [1.165, 1.54) is 5.56 Å². The van der Waals surface area contributed by atoms with Crippen LogP contribution < -0.4 is 5.32 Å². The van der Waals surface area contributed by atoms with Crippen molar-refractivity contribution >= 4 is 35.0 Å². The molecule has 0 aliphatic carbocycles. The monoisotopic (exact) mass is 476 g/mol.